The maximum Gasteiger partial charge on any atom is 0.304 e. The van der Waals surface area contributed by atoms with Crippen molar-refractivity contribution >= 4 is 79.6 Å². The number of carboxylic acids is 4. The van der Waals surface area contributed by atoms with Crippen LogP contribution in [0.4, 0.5) is 5.69 Å². The van der Waals surface area contributed by atoms with Gasteiger partial charge in [0.2, 0.25) is 11.8 Å². The molecule has 19 heteroatoms. The smallest absolute Gasteiger partial charge is 0.304 e. The van der Waals surface area contributed by atoms with E-state index >= 15 is 0 Å². The first kappa shape index (κ1) is 45.6. The minimum Gasteiger partial charge on any atom is -0.481 e. The summed E-state index contributed by atoms with van der Waals surface area (Å²) in [5, 5.41) is 48.4. The SMILES string of the molecule is O=C(O)CCN(CCNC(=O)CCN(CCNc1ccc2c3c1cccc3c(=O)n1c3ccccc3nc21)CCC(=O)NCCN(CCC(=O)O)CCC(=O)O)CCC(=O)O. The fourth-order valence-electron chi connectivity index (χ4n) is 7.23. The van der Waals surface area contributed by atoms with Gasteiger partial charge in [-0.05, 0) is 30.3 Å². The van der Waals surface area contributed by atoms with Gasteiger partial charge in [-0.2, -0.15) is 0 Å². The molecule has 5 aromatic rings. The lowest BCUT2D eigenvalue weighted by atomic mass is 10.0. The molecule has 0 spiro atoms. The number of imidazole rings is 1. The highest BCUT2D eigenvalue weighted by molar-refractivity contribution is 6.18. The first-order valence-corrected chi connectivity index (χ1v) is 20.2. The first-order chi connectivity index (χ1) is 29.3. The number of nitrogens with zero attached hydrogens (tertiary/aromatic N) is 5. The molecule has 0 atom stereocenters. The third kappa shape index (κ3) is 13.3. The van der Waals surface area contributed by atoms with Crippen molar-refractivity contribution in [2.24, 2.45) is 0 Å². The molecular formula is C42H52N8O11. The van der Waals surface area contributed by atoms with Gasteiger partial charge in [0, 0.05) is 119 Å². The number of nitrogens with one attached hydrogen (secondary N) is 3. The van der Waals surface area contributed by atoms with Crippen LogP contribution in [0.25, 0.3) is 38.2 Å². The third-order valence-electron chi connectivity index (χ3n) is 10.4. The van der Waals surface area contributed by atoms with Crippen LogP contribution in [-0.2, 0) is 28.8 Å². The molecule has 2 heterocycles. The van der Waals surface area contributed by atoms with E-state index in [1.54, 1.807) is 20.3 Å². The molecule has 61 heavy (non-hydrogen) atoms. The fourth-order valence-corrected chi connectivity index (χ4v) is 7.23. The van der Waals surface area contributed by atoms with Crippen LogP contribution in [0.1, 0.15) is 38.5 Å². The average molecular weight is 845 g/mol. The van der Waals surface area contributed by atoms with Crippen LogP contribution in [0, 0.1) is 0 Å². The van der Waals surface area contributed by atoms with Gasteiger partial charge in [-0.1, -0.05) is 24.3 Å². The third-order valence-corrected chi connectivity index (χ3v) is 10.4. The lowest BCUT2D eigenvalue weighted by Crippen LogP contribution is -2.40. The summed E-state index contributed by atoms with van der Waals surface area (Å²) < 4.78 is 1.65. The molecule has 3 aromatic carbocycles. The van der Waals surface area contributed by atoms with E-state index in [0.717, 1.165) is 32.9 Å². The van der Waals surface area contributed by atoms with Crippen LogP contribution in [0.15, 0.2) is 59.4 Å². The summed E-state index contributed by atoms with van der Waals surface area (Å²) in [6.45, 7) is 2.87. The largest absolute Gasteiger partial charge is 0.481 e. The molecule has 0 aliphatic rings. The number of benzene rings is 3. The molecule has 0 saturated heterocycles. The summed E-state index contributed by atoms with van der Waals surface area (Å²) in [7, 11) is 0. The summed E-state index contributed by atoms with van der Waals surface area (Å²) in [4.78, 5) is 94.1. The Kier molecular flexibility index (Phi) is 16.6. The van der Waals surface area contributed by atoms with Crippen molar-refractivity contribution in [3.63, 3.8) is 0 Å². The molecule has 326 valence electrons. The molecule has 0 bridgehead atoms. The lowest BCUT2D eigenvalue weighted by molar-refractivity contribution is -0.139. The van der Waals surface area contributed by atoms with Crippen molar-refractivity contribution in [2.45, 2.75) is 38.5 Å². The van der Waals surface area contributed by atoms with Gasteiger partial charge in [0.05, 0.1) is 36.7 Å². The van der Waals surface area contributed by atoms with E-state index < -0.39 is 23.9 Å². The highest BCUT2D eigenvalue weighted by atomic mass is 16.4. The van der Waals surface area contributed by atoms with Gasteiger partial charge < -0.3 is 51.1 Å². The van der Waals surface area contributed by atoms with Crippen molar-refractivity contribution in [1.82, 2.24) is 34.7 Å². The molecule has 7 N–H and O–H groups in total. The lowest BCUT2D eigenvalue weighted by Gasteiger charge is -2.24. The Labute approximate surface area is 350 Å². The number of para-hydroxylation sites is 2. The summed E-state index contributed by atoms with van der Waals surface area (Å²) in [6.07, 6.45) is -0.505. The van der Waals surface area contributed by atoms with Crippen LogP contribution in [-0.4, -0.2) is 159 Å². The predicted molar refractivity (Wildman–Crippen MR) is 227 cm³/mol. The molecule has 2 aromatic heterocycles. The highest BCUT2D eigenvalue weighted by Crippen LogP contribution is 2.33. The second-order valence-corrected chi connectivity index (χ2v) is 14.7. The van der Waals surface area contributed by atoms with Gasteiger partial charge >= 0.3 is 23.9 Å². The number of anilines is 1. The van der Waals surface area contributed by atoms with Gasteiger partial charge in [0.15, 0.2) is 0 Å². The number of carbonyl (C=O) groups is 6. The van der Waals surface area contributed by atoms with E-state index in [2.05, 4.69) is 16.0 Å². The number of carboxylic acid groups (broad SMARTS) is 4. The number of hydrogen-bond donors (Lipinski definition) is 7. The zero-order valence-corrected chi connectivity index (χ0v) is 33.8. The van der Waals surface area contributed by atoms with Crippen molar-refractivity contribution in [1.29, 1.82) is 0 Å². The van der Waals surface area contributed by atoms with Crippen molar-refractivity contribution < 1.29 is 49.2 Å². The molecule has 19 nitrogen and oxygen atoms in total. The van der Waals surface area contributed by atoms with E-state index in [1.165, 1.54) is 0 Å². The van der Waals surface area contributed by atoms with Crippen molar-refractivity contribution in [3.8, 4) is 0 Å². The number of hydrogen-bond acceptors (Lipinski definition) is 12. The number of aromatic nitrogens is 2. The second-order valence-electron chi connectivity index (χ2n) is 14.7. The highest BCUT2D eigenvalue weighted by Gasteiger charge is 2.19. The molecule has 0 saturated carbocycles. The van der Waals surface area contributed by atoms with Crippen LogP contribution >= 0.6 is 0 Å². The molecule has 0 unspecified atom stereocenters. The maximum absolute atomic E-state index is 13.8. The summed E-state index contributed by atoms with van der Waals surface area (Å²) in [5.41, 5.74) is 2.66. The molecule has 2 amide bonds. The van der Waals surface area contributed by atoms with Gasteiger partial charge in [-0.3, -0.25) is 38.0 Å². The minimum atomic E-state index is -1.01. The Morgan fingerprint density at radius 1 is 0.525 bits per heavy atom. The topological polar surface area (TPSA) is 264 Å². The van der Waals surface area contributed by atoms with Crippen molar-refractivity contribution in [2.75, 3.05) is 83.9 Å². The molecular weight excluding hydrogens is 793 g/mol. The molecule has 0 aliphatic carbocycles. The Hall–Kier alpha value is -6.44. The molecule has 0 fully saturated rings. The van der Waals surface area contributed by atoms with E-state index in [1.807, 2.05) is 53.4 Å². The van der Waals surface area contributed by atoms with Gasteiger partial charge in [-0.15, -0.1) is 0 Å². The number of rotatable bonds is 28. The predicted octanol–water partition coefficient (Wildman–Crippen LogP) is 1.82. The monoisotopic (exact) mass is 844 g/mol. The van der Waals surface area contributed by atoms with Crippen LogP contribution in [0.3, 0.4) is 0 Å². The van der Waals surface area contributed by atoms with Gasteiger partial charge in [0.1, 0.15) is 5.65 Å². The quantitative estimate of drug-likeness (QED) is 0.0379. The van der Waals surface area contributed by atoms with E-state index in [-0.39, 0.29) is 121 Å². The summed E-state index contributed by atoms with van der Waals surface area (Å²) in [5.74, 6) is -4.60. The average Bonchev–Trinajstić information content (AvgIpc) is 3.62. The molecule has 5 rings (SSSR count). The Bertz CT molecular complexity index is 2310. The van der Waals surface area contributed by atoms with E-state index in [0.29, 0.717) is 24.1 Å². The standard InChI is InChI=1S/C42H52N8O11/c51-34(44-17-26-48(21-12-36(53)54)22-13-37(55)56)10-19-47(20-11-35(52)45-18-27-49(23-14-38(57)58)24-15-39(59)60)25-16-43-31-9-8-29-40-28(31)4-3-5-30(40)42(61)50-33-7-2-1-6-32(33)46-41(29)50/h1-9,43H,10-27H2,(H,44,51)(H,45,52)(H,53,54)(H,55,56)(H,57,58)(H,59,60). The summed E-state index contributed by atoms with van der Waals surface area (Å²) >= 11 is 0. The molecule has 0 radical (unpaired) electrons. The van der Waals surface area contributed by atoms with E-state index in [4.69, 9.17) is 25.4 Å². The number of carbonyl (C=O) groups excluding carboxylic acids is 2. The zero-order chi connectivity index (χ0) is 43.9. The second kappa shape index (κ2) is 22.2. The Morgan fingerprint density at radius 2 is 1.00 bits per heavy atom. The fraction of sp³-hybridized carbons (Fsp3) is 0.429. The Balaban J connectivity index is 1.22. The normalized spacial score (nSPS) is 11.7. The number of amides is 2. The number of fused-ring (bicyclic) bond motifs is 4. The maximum atomic E-state index is 13.8. The zero-order valence-electron chi connectivity index (χ0n) is 33.8. The van der Waals surface area contributed by atoms with Gasteiger partial charge in [0.25, 0.3) is 5.56 Å². The van der Waals surface area contributed by atoms with E-state index in [9.17, 15) is 33.6 Å². The van der Waals surface area contributed by atoms with Crippen molar-refractivity contribution in [3.05, 3.63) is 65.0 Å². The molecule has 0 aliphatic heterocycles. The summed E-state index contributed by atoms with van der Waals surface area (Å²) in [6, 6.07) is 17.0. The number of pyridine rings is 1. The number of aliphatic carboxylic acids is 4. The Morgan fingerprint density at radius 3 is 1.52 bits per heavy atom. The van der Waals surface area contributed by atoms with Crippen LogP contribution in [0.2, 0.25) is 0 Å². The van der Waals surface area contributed by atoms with Gasteiger partial charge in [-0.25, -0.2) is 4.98 Å². The minimum absolute atomic E-state index is 0.0814. The van der Waals surface area contributed by atoms with Crippen LogP contribution < -0.4 is 21.5 Å². The first-order valence-electron chi connectivity index (χ1n) is 20.2. The van der Waals surface area contributed by atoms with Crippen LogP contribution in [0.5, 0.6) is 0 Å².